The molecule has 0 saturated carbocycles. The molecule has 12 heavy (non-hydrogen) atoms. The lowest BCUT2D eigenvalue weighted by molar-refractivity contribution is -0.123. The van der Waals surface area contributed by atoms with Crippen LogP contribution in [0.25, 0.3) is 0 Å². The summed E-state index contributed by atoms with van der Waals surface area (Å²) in [6.07, 6.45) is 2.57. The Hall–Kier alpha value is -1.43. The van der Waals surface area contributed by atoms with Crippen LogP contribution < -0.4 is 5.73 Å². The summed E-state index contributed by atoms with van der Waals surface area (Å²) in [6.45, 7) is 0.114. The van der Waals surface area contributed by atoms with Gasteiger partial charge in [-0.1, -0.05) is 0 Å². The molecule has 0 unspecified atom stereocenters. The molecule has 1 aromatic rings. The van der Waals surface area contributed by atoms with Crippen LogP contribution in [0.5, 0.6) is 0 Å². The molecule has 6 nitrogen and oxygen atoms in total. The molecule has 0 atom stereocenters. The van der Waals surface area contributed by atoms with E-state index in [2.05, 4.69) is 16.5 Å². The maximum Gasteiger partial charge on any atom is 0.243 e. The van der Waals surface area contributed by atoms with Crippen molar-refractivity contribution in [2.75, 3.05) is 6.61 Å². The zero-order valence-corrected chi connectivity index (χ0v) is 6.65. The number of aromatic nitrogens is 3. The van der Waals surface area contributed by atoms with E-state index in [4.69, 9.17) is 10.5 Å². The Morgan fingerprint density at radius 1 is 1.83 bits per heavy atom. The van der Waals surface area contributed by atoms with Gasteiger partial charge in [0.05, 0.1) is 0 Å². The van der Waals surface area contributed by atoms with Crippen molar-refractivity contribution in [2.45, 2.75) is 6.61 Å². The maximum atomic E-state index is 10.3. The first-order valence-corrected chi connectivity index (χ1v) is 3.32. The first-order chi connectivity index (χ1) is 5.70. The fraction of sp³-hybridized carbons (Fsp3) is 0.500. The first-order valence-electron chi connectivity index (χ1n) is 3.32. The average Bonchev–Trinajstić information content (AvgIpc) is 2.36. The minimum atomic E-state index is -0.499. The van der Waals surface area contributed by atoms with Gasteiger partial charge in [-0.25, -0.2) is 0 Å². The number of carbonyl (C=O) groups is 1. The number of ether oxygens (including phenoxy) is 1. The summed E-state index contributed by atoms with van der Waals surface area (Å²) >= 11 is 0. The summed E-state index contributed by atoms with van der Waals surface area (Å²) in [7, 11) is 1.74. The number of primary amides is 1. The fourth-order valence-corrected chi connectivity index (χ4v) is 0.641. The summed E-state index contributed by atoms with van der Waals surface area (Å²) in [5, 5.41) is 7.20. The van der Waals surface area contributed by atoms with E-state index in [1.165, 1.54) is 0 Å². The Kier molecular flexibility index (Phi) is 2.76. The highest BCUT2D eigenvalue weighted by Gasteiger charge is 2.01. The molecule has 0 fully saturated rings. The van der Waals surface area contributed by atoms with Crippen LogP contribution in [0.1, 0.15) is 5.82 Å². The van der Waals surface area contributed by atoms with Crippen LogP contribution in [0.15, 0.2) is 0 Å². The monoisotopic (exact) mass is 169 g/mol. The van der Waals surface area contributed by atoms with Gasteiger partial charge in [0.15, 0.2) is 5.82 Å². The lowest BCUT2D eigenvalue weighted by Crippen LogP contribution is -2.18. The Morgan fingerprint density at radius 3 is 3.08 bits per heavy atom. The molecule has 65 valence electrons. The number of rotatable bonds is 4. The highest BCUT2D eigenvalue weighted by molar-refractivity contribution is 5.74. The lowest BCUT2D eigenvalue weighted by Gasteiger charge is -1.99. The number of nitrogens with two attached hydrogens (primary N) is 1. The summed E-state index contributed by atoms with van der Waals surface area (Å²) in [5.41, 5.74) is 4.86. The smallest absolute Gasteiger partial charge is 0.243 e. The quantitative estimate of drug-likeness (QED) is 0.602. The summed E-state index contributed by atoms with van der Waals surface area (Å²) in [4.78, 5) is 10.3. The Balaban J connectivity index is 2.33. The SMILES string of the molecule is Cn1[c]nnc1COCC(N)=O. The largest absolute Gasteiger partial charge is 0.368 e. The van der Waals surface area contributed by atoms with Crippen molar-refractivity contribution < 1.29 is 9.53 Å². The molecule has 1 heterocycles. The normalized spacial score (nSPS) is 10.1. The van der Waals surface area contributed by atoms with Gasteiger partial charge in [0.2, 0.25) is 12.2 Å². The van der Waals surface area contributed by atoms with E-state index in [-0.39, 0.29) is 13.2 Å². The van der Waals surface area contributed by atoms with Crippen molar-refractivity contribution in [2.24, 2.45) is 12.8 Å². The molecule has 1 rings (SSSR count). The molecular weight excluding hydrogens is 160 g/mol. The molecule has 0 spiro atoms. The molecule has 0 aliphatic heterocycles. The maximum absolute atomic E-state index is 10.3. The Bertz CT molecular complexity index is 270. The van der Waals surface area contributed by atoms with Crippen molar-refractivity contribution in [3.05, 3.63) is 12.2 Å². The van der Waals surface area contributed by atoms with Gasteiger partial charge in [0.1, 0.15) is 13.2 Å². The molecule has 6 heteroatoms. The molecule has 0 aliphatic rings. The molecule has 1 radical (unpaired) electrons. The van der Waals surface area contributed by atoms with E-state index in [9.17, 15) is 4.79 Å². The second-order valence-electron chi connectivity index (χ2n) is 2.23. The van der Waals surface area contributed by atoms with Gasteiger partial charge >= 0.3 is 0 Å². The van der Waals surface area contributed by atoms with Crippen LogP contribution in [0.3, 0.4) is 0 Å². The summed E-state index contributed by atoms with van der Waals surface area (Å²) in [5.74, 6) is 0.109. The molecule has 0 aliphatic carbocycles. The molecule has 0 aromatic carbocycles. The highest BCUT2D eigenvalue weighted by atomic mass is 16.5. The third kappa shape index (κ3) is 2.31. The molecule has 1 aromatic heterocycles. The van der Waals surface area contributed by atoms with E-state index in [0.29, 0.717) is 5.82 Å². The minimum absolute atomic E-state index is 0.104. The van der Waals surface area contributed by atoms with Gasteiger partial charge < -0.3 is 15.0 Å². The van der Waals surface area contributed by atoms with Gasteiger partial charge in [-0.05, 0) is 0 Å². The van der Waals surface area contributed by atoms with E-state index in [1.54, 1.807) is 11.6 Å². The van der Waals surface area contributed by atoms with Crippen molar-refractivity contribution in [3.63, 3.8) is 0 Å². The lowest BCUT2D eigenvalue weighted by atomic mass is 10.6. The predicted molar refractivity (Wildman–Crippen MR) is 38.7 cm³/mol. The Labute approximate surface area is 69.3 Å². The number of amides is 1. The van der Waals surface area contributed by atoms with E-state index in [1.807, 2.05) is 0 Å². The van der Waals surface area contributed by atoms with Crippen molar-refractivity contribution in [3.8, 4) is 0 Å². The first kappa shape index (κ1) is 8.66. The van der Waals surface area contributed by atoms with Gasteiger partial charge in [-0.3, -0.25) is 4.79 Å². The zero-order chi connectivity index (χ0) is 8.97. The third-order valence-electron chi connectivity index (χ3n) is 1.22. The van der Waals surface area contributed by atoms with Crippen molar-refractivity contribution in [1.82, 2.24) is 14.8 Å². The fourth-order valence-electron chi connectivity index (χ4n) is 0.641. The number of carbonyl (C=O) groups excluding carboxylic acids is 1. The zero-order valence-electron chi connectivity index (χ0n) is 6.65. The van der Waals surface area contributed by atoms with Gasteiger partial charge in [0.25, 0.3) is 0 Å². The van der Waals surface area contributed by atoms with Crippen LogP contribution in [-0.2, 0) is 23.2 Å². The molecule has 2 N–H and O–H groups in total. The topological polar surface area (TPSA) is 83.0 Å². The van der Waals surface area contributed by atoms with Crippen molar-refractivity contribution >= 4 is 5.91 Å². The van der Waals surface area contributed by atoms with Crippen LogP contribution in [-0.4, -0.2) is 27.3 Å². The van der Waals surface area contributed by atoms with Crippen LogP contribution in [0.2, 0.25) is 0 Å². The second kappa shape index (κ2) is 3.82. The number of hydrogen-bond acceptors (Lipinski definition) is 4. The summed E-state index contributed by atoms with van der Waals surface area (Å²) in [6, 6.07) is 0. The number of aryl methyl sites for hydroxylation is 1. The standard InChI is InChI=1S/C6H9N4O2/c1-10-4-8-9-6(10)3-12-2-5(7)11/h2-3H2,1H3,(H2,7,11). The van der Waals surface area contributed by atoms with Crippen LogP contribution in [0, 0.1) is 6.33 Å². The second-order valence-corrected chi connectivity index (χ2v) is 2.23. The van der Waals surface area contributed by atoms with Gasteiger partial charge in [0, 0.05) is 7.05 Å². The van der Waals surface area contributed by atoms with Crippen LogP contribution in [0.4, 0.5) is 0 Å². The molecular formula is C6H9N4O2. The van der Waals surface area contributed by atoms with E-state index in [0.717, 1.165) is 0 Å². The Morgan fingerprint density at radius 2 is 2.58 bits per heavy atom. The molecule has 0 saturated heterocycles. The minimum Gasteiger partial charge on any atom is -0.368 e. The number of hydrogen-bond donors (Lipinski definition) is 1. The molecule has 0 bridgehead atoms. The van der Waals surface area contributed by atoms with Crippen LogP contribution >= 0.6 is 0 Å². The van der Waals surface area contributed by atoms with Gasteiger partial charge in [-0.2, -0.15) is 0 Å². The average molecular weight is 169 g/mol. The summed E-state index contributed by atoms with van der Waals surface area (Å²) < 4.78 is 6.49. The van der Waals surface area contributed by atoms with Gasteiger partial charge in [-0.15, -0.1) is 10.2 Å². The van der Waals surface area contributed by atoms with E-state index < -0.39 is 5.91 Å². The highest BCUT2D eigenvalue weighted by Crippen LogP contribution is 1.92. The predicted octanol–water partition coefficient (Wildman–Crippen LogP) is -1.38. The third-order valence-corrected chi connectivity index (χ3v) is 1.22. The number of nitrogens with zero attached hydrogens (tertiary/aromatic N) is 3. The van der Waals surface area contributed by atoms with Crippen molar-refractivity contribution in [1.29, 1.82) is 0 Å². The van der Waals surface area contributed by atoms with E-state index >= 15 is 0 Å². The molecule has 1 amide bonds.